The van der Waals surface area contributed by atoms with Crippen LogP contribution in [0.5, 0.6) is 17.2 Å². The fourth-order valence-electron chi connectivity index (χ4n) is 4.45. The van der Waals surface area contributed by atoms with Gasteiger partial charge in [-0.25, -0.2) is 0 Å². The summed E-state index contributed by atoms with van der Waals surface area (Å²) in [5, 5.41) is 3.53. The van der Waals surface area contributed by atoms with E-state index in [0.29, 0.717) is 23.8 Å². The maximum atomic E-state index is 11.5. The van der Waals surface area contributed by atoms with Gasteiger partial charge >= 0.3 is 0 Å². The molecule has 1 spiro atoms. The second kappa shape index (κ2) is 9.57. The Morgan fingerprint density at radius 2 is 2.06 bits per heavy atom. The molecule has 0 radical (unpaired) electrons. The van der Waals surface area contributed by atoms with Crippen molar-refractivity contribution >= 4 is 23.2 Å². The molecule has 0 unspecified atom stereocenters. The molecule has 32 heavy (non-hydrogen) atoms. The summed E-state index contributed by atoms with van der Waals surface area (Å²) in [5.41, 5.74) is 8.05. The molecule has 0 aliphatic carbocycles. The van der Waals surface area contributed by atoms with Gasteiger partial charge in [-0.2, -0.15) is 0 Å². The molecule has 1 atom stereocenters. The van der Waals surface area contributed by atoms with Gasteiger partial charge in [0.2, 0.25) is 5.91 Å². The van der Waals surface area contributed by atoms with Crippen LogP contribution in [-0.4, -0.2) is 55.8 Å². The molecular formula is C24H30ClN3O4. The van der Waals surface area contributed by atoms with Crippen molar-refractivity contribution in [3.05, 3.63) is 47.0 Å². The lowest BCUT2D eigenvalue weighted by molar-refractivity contribution is -0.114. The van der Waals surface area contributed by atoms with Gasteiger partial charge in [0.15, 0.2) is 0 Å². The fraction of sp³-hybridized carbons (Fsp3) is 0.458. The monoisotopic (exact) mass is 459 g/mol. The molecule has 2 aliphatic rings. The van der Waals surface area contributed by atoms with Gasteiger partial charge in [0.05, 0.1) is 18.8 Å². The second-order valence-corrected chi connectivity index (χ2v) is 9.07. The molecule has 0 aromatic heterocycles. The fourth-order valence-corrected chi connectivity index (χ4v) is 4.64. The number of fused-ring (bicyclic) bond motifs is 1. The van der Waals surface area contributed by atoms with Gasteiger partial charge < -0.3 is 30.2 Å². The standard InChI is InChI=1S/C24H30ClN3O4/c1-16(29)27-21-5-4-20(30-2)12-23(21)31-15-19(26)14-28-9-7-24(8-10-28)13-17-11-18(25)3-6-22(17)32-24/h3-6,11-12,19H,7-10,13-15,26H2,1-2H3,(H,27,29)/t19-/m1/s1. The number of carbonyl (C=O) groups excluding carboxylic acids is 1. The number of nitrogens with zero attached hydrogens (tertiary/aromatic N) is 1. The molecule has 3 N–H and O–H groups in total. The van der Waals surface area contributed by atoms with Crippen LogP contribution in [0.2, 0.25) is 5.02 Å². The van der Waals surface area contributed by atoms with Crippen molar-refractivity contribution in [2.24, 2.45) is 5.73 Å². The summed E-state index contributed by atoms with van der Waals surface area (Å²) in [6.45, 7) is 4.37. The quantitative estimate of drug-likeness (QED) is 0.659. The van der Waals surface area contributed by atoms with Crippen LogP contribution in [0.4, 0.5) is 5.69 Å². The van der Waals surface area contributed by atoms with E-state index in [1.165, 1.54) is 12.5 Å². The number of likely N-dealkylation sites (tertiary alicyclic amines) is 1. The van der Waals surface area contributed by atoms with Gasteiger partial charge in [0, 0.05) is 56.9 Å². The Morgan fingerprint density at radius 1 is 1.28 bits per heavy atom. The molecule has 0 saturated carbocycles. The minimum atomic E-state index is -0.166. The molecule has 8 heteroatoms. The number of nitrogens with one attached hydrogen (secondary N) is 1. The number of anilines is 1. The highest BCUT2D eigenvalue weighted by molar-refractivity contribution is 6.30. The van der Waals surface area contributed by atoms with Gasteiger partial charge in [-0.15, -0.1) is 0 Å². The number of hydrogen-bond donors (Lipinski definition) is 2. The smallest absolute Gasteiger partial charge is 0.221 e. The van der Waals surface area contributed by atoms with Crippen molar-refractivity contribution in [2.45, 2.75) is 37.8 Å². The van der Waals surface area contributed by atoms with Crippen LogP contribution < -0.4 is 25.3 Å². The second-order valence-electron chi connectivity index (χ2n) is 8.63. The molecule has 2 aromatic rings. The number of amides is 1. The summed E-state index contributed by atoms with van der Waals surface area (Å²) in [6, 6.07) is 11.0. The third kappa shape index (κ3) is 5.28. The number of ether oxygens (including phenoxy) is 3. The minimum absolute atomic E-state index is 0.127. The zero-order valence-corrected chi connectivity index (χ0v) is 19.3. The highest BCUT2D eigenvalue weighted by Crippen LogP contribution is 2.42. The van der Waals surface area contributed by atoms with Gasteiger partial charge in [-0.3, -0.25) is 4.79 Å². The van der Waals surface area contributed by atoms with Crippen LogP contribution in [0.1, 0.15) is 25.3 Å². The zero-order chi connectivity index (χ0) is 22.7. The molecule has 2 aromatic carbocycles. The number of benzene rings is 2. The molecule has 2 aliphatic heterocycles. The van der Waals surface area contributed by atoms with E-state index >= 15 is 0 Å². The van der Waals surface area contributed by atoms with E-state index in [4.69, 9.17) is 31.5 Å². The largest absolute Gasteiger partial charge is 0.497 e. The predicted molar refractivity (Wildman–Crippen MR) is 125 cm³/mol. The summed E-state index contributed by atoms with van der Waals surface area (Å²) in [4.78, 5) is 13.8. The van der Waals surface area contributed by atoms with Crippen molar-refractivity contribution < 1.29 is 19.0 Å². The topological polar surface area (TPSA) is 86.0 Å². The van der Waals surface area contributed by atoms with Gasteiger partial charge in [-0.1, -0.05) is 11.6 Å². The maximum absolute atomic E-state index is 11.5. The molecular weight excluding hydrogens is 430 g/mol. The van der Waals surface area contributed by atoms with Crippen molar-refractivity contribution in [3.8, 4) is 17.2 Å². The van der Waals surface area contributed by atoms with E-state index in [1.807, 2.05) is 18.2 Å². The number of piperidine rings is 1. The highest BCUT2D eigenvalue weighted by Gasteiger charge is 2.42. The van der Waals surface area contributed by atoms with Crippen LogP contribution >= 0.6 is 11.6 Å². The molecule has 7 nitrogen and oxygen atoms in total. The third-order valence-electron chi connectivity index (χ3n) is 6.07. The Kier molecular flexibility index (Phi) is 6.79. The average molecular weight is 460 g/mol. The van der Waals surface area contributed by atoms with Crippen molar-refractivity contribution in [1.29, 1.82) is 0 Å². The van der Waals surface area contributed by atoms with Crippen LogP contribution in [0.25, 0.3) is 0 Å². The summed E-state index contributed by atoms with van der Waals surface area (Å²) >= 11 is 6.14. The summed E-state index contributed by atoms with van der Waals surface area (Å²) in [5.74, 6) is 2.00. The molecule has 1 fully saturated rings. The number of carbonyl (C=O) groups is 1. The van der Waals surface area contributed by atoms with E-state index in [9.17, 15) is 4.79 Å². The van der Waals surface area contributed by atoms with E-state index in [1.54, 1.807) is 25.3 Å². The van der Waals surface area contributed by atoms with Crippen molar-refractivity contribution in [3.63, 3.8) is 0 Å². The Bertz CT molecular complexity index is 976. The summed E-state index contributed by atoms with van der Waals surface area (Å²) in [6.07, 6.45) is 2.82. The van der Waals surface area contributed by atoms with E-state index in [0.717, 1.165) is 49.7 Å². The Hall–Kier alpha value is -2.48. The Labute approximate surface area is 193 Å². The average Bonchev–Trinajstić information content (AvgIpc) is 3.11. The van der Waals surface area contributed by atoms with E-state index < -0.39 is 0 Å². The van der Waals surface area contributed by atoms with E-state index in [-0.39, 0.29) is 17.6 Å². The number of methoxy groups -OCH3 is 1. The SMILES string of the molecule is COc1ccc(NC(C)=O)c(OC[C@H](N)CN2CCC3(CC2)Cc2cc(Cl)ccc2O3)c1. The van der Waals surface area contributed by atoms with Gasteiger partial charge in [0.1, 0.15) is 29.5 Å². The number of halogens is 1. The number of rotatable bonds is 7. The third-order valence-corrected chi connectivity index (χ3v) is 6.31. The molecule has 172 valence electrons. The first-order chi connectivity index (χ1) is 15.4. The zero-order valence-electron chi connectivity index (χ0n) is 18.5. The Morgan fingerprint density at radius 3 is 2.78 bits per heavy atom. The number of hydrogen-bond acceptors (Lipinski definition) is 6. The lowest BCUT2D eigenvalue weighted by Crippen LogP contribution is -2.51. The molecule has 0 bridgehead atoms. The molecule has 2 heterocycles. The lowest BCUT2D eigenvalue weighted by atomic mass is 9.87. The first-order valence-electron chi connectivity index (χ1n) is 10.9. The molecule has 1 saturated heterocycles. The van der Waals surface area contributed by atoms with E-state index in [2.05, 4.69) is 10.2 Å². The lowest BCUT2D eigenvalue weighted by Gasteiger charge is -2.39. The van der Waals surface area contributed by atoms with Gasteiger partial charge in [0.25, 0.3) is 0 Å². The van der Waals surface area contributed by atoms with Crippen molar-refractivity contribution in [2.75, 3.05) is 38.7 Å². The first kappa shape index (κ1) is 22.7. The molecule has 4 rings (SSSR count). The maximum Gasteiger partial charge on any atom is 0.221 e. The minimum Gasteiger partial charge on any atom is -0.497 e. The normalized spacial score (nSPS) is 18.0. The first-order valence-corrected chi connectivity index (χ1v) is 11.3. The van der Waals surface area contributed by atoms with Crippen LogP contribution in [0.15, 0.2) is 36.4 Å². The van der Waals surface area contributed by atoms with Gasteiger partial charge in [-0.05, 0) is 35.9 Å². The predicted octanol–water partition coefficient (Wildman–Crippen LogP) is 3.48. The summed E-state index contributed by atoms with van der Waals surface area (Å²) in [7, 11) is 1.59. The van der Waals surface area contributed by atoms with Crippen LogP contribution in [0, 0.1) is 0 Å². The Balaban J connectivity index is 1.28. The van der Waals surface area contributed by atoms with Crippen LogP contribution in [-0.2, 0) is 11.2 Å². The van der Waals surface area contributed by atoms with Crippen molar-refractivity contribution in [1.82, 2.24) is 4.90 Å². The number of nitrogens with two attached hydrogens (primary N) is 1. The molecule has 1 amide bonds. The highest BCUT2D eigenvalue weighted by atomic mass is 35.5. The van der Waals surface area contributed by atoms with Crippen LogP contribution in [0.3, 0.4) is 0 Å². The summed E-state index contributed by atoms with van der Waals surface area (Å²) < 4.78 is 17.5.